The predicted molar refractivity (Wildman–Crippen MR) is 108 cm³/mol. The monoisotopic (exact) mass is 386 g/mol. The highest BCUT2D eigenvalue weighted by molar-refractivity contribution is 7.80. The molecule has 0 aliphatic carbocycles. The Hall–Kier alpha value is -2.96. The highest BCUT2D eigenvalue weighted by Gasteiger charge is 2.02. The van der Waals surface area contributed by atoms with Gasteiger partial charge < -0.3 is 10.4 Å². The van der Waals surface area contributed by atoms with Crippen molar-refractivity contribution in [3.8, 4) is 0 Å². The minimum Gasteiger partial charge on any atom is -0.478 e. The second-order valence-corrected chi connectivity index (χ2v) is 5.97. The number of carboxylic acids is 1. The fourth-order valence-electron chi connectivity index (χ4n) is 1.95. The minimum atomic E-state index is -1.03. The van der Waals surface area contributed by atoms with Gasteiger partial charge in [0, 0.05) is 22.9 Å². The lowest BCUT2D eigenvalue weighted by atomic mass is 10.2. The Morgan fingerprint density at radius 1 is 1.00 bits per heavy atom. The largest absolute Gasteiger partial charge is 0.478 e. The van der Waals surface area contributed by atoms with Crippen molar-refractivity contribution in [2.24, 2.45) is 0 Å². The van der Waals surface area contributed by atoms with Gasteiger partial charge in [0.1, 0.15) is 0 Å². The van der Waals surface area contributed by atoms with Gasteiger partial charge in [0.05, 0.1) is 0 Å². The molecule has 26 heavy (non-hydrogen) atoms. The first-order chi connectivity index (χ1) is 12.4. The molecule has 0 fully saturated rings. The highest BCUT2D eigenvalue weighted by Crippen LogP contribution is 2.12. The number of carboxylic acid groups (broad SMARTS) is 1. The van der Waals surface area contributed by atoms with Crippen LogP contribution < -0.4 is 10.6 Å². The molecule has 0 saturated carbocycles. The molecule has 132 valence electrons. The Bertz CT molecular complexity index is 877. The maximum absolute atomic E-state index is 11.9. The van der Waals surface area contributed by atoms with Gasteiger partial charge in [0.25, 0.3) is 0 Å². The third-order valence-electron chi connectivity index (χ3n) is 3.10. The number of hydrogen-bond acceptors (Lipinski definition) is 3. The fraction of sp³-hybridized carbons (Fsp3) is 0. The van der Waals surface area contributed by atoms with Crippen LogP contribution in [-0.2, 0) is 9.59 Å². The van der Waals surface area contributed by atoms with Crippen molar-refractivity contribution in [3.05, 3.63) is 76.8 Å². The van der Waals surface area contributed by atoms with Crippen molar-refractivity contribution < 1.29 is 14.7 Å². The molecule has 2 aromatic rings. The Balaban J connectivity index is 1.91. The zero-order chi connectivity index (χ0) is 18.9. The Morgan fingerprint density at radius 2 is 1.69 bits per heavy atom. The summed E-state index contributed by atoms with van der Waals surface area (Å²) in [5.41, 5.74) is 2.15. The fourth-order valence-corrected chi connectivity index (χ4v) is 2.29. The van der Waals surface area contributed by atoms with E-state index in [1.807, 2.05) is 0 Å². The van der Waals surface area contributed by atoms with E-state index in [1.54, 1.807) is 54.6 Å². The second kappa shape index (κ2) is 9.50. The first-order valence-electron chi connectivity index (χ1n) is 7.49. The molecule has 2 rings (SSSR count). The Labute approximate surface area is 161 Å². The molecular formula is C19H15ClN2O3S. The van der Waals surface area contributed by atoms with E-state index >= 15 is 0 Å². The van der Waals surface area contributed by atoms with Crippen molar-refractivity contribution in [1.82, 2.24) is 5.32 Å². The number of nitrogens with one attached hydrogen (secondary N) is 2. The SMILES string of the molecule is O=C(O)/C=C/c1cccc(NC(=S)NC(=O)/C=C/c2ccc(Cl)cc2)c1. The van der Waals surface area contributed by atoms with Crippen molar-refractivity contribution in [1.29, 1.82) is 0 Å². The van der Waals surface area contributed by atoms with Gasteiger partial charge in [-0.25, -0.2) is 4.79 Å². The molecule has 0 radical (unpaired) electrons. The van der Waals surface area contributed by atoms with Crippen LogP contribution >= 0.6 is 23.8 Å². The lowest BCUT2D eigenvalue weighted by Crippen LogP contribution is -2.32. The van der Waals surface area contributed by atoms with Crippen LogP contribution in [0.5, 0.6) is 0 Å². The number of thiocarbonyl (C=S) groups is 1. The van der Waals surface area contributed by atoms with E-state index in [0.717, 1.165) is 11.6 Å². The summed E-state index contributed by atoms with van der Waals surface area (Å²) in [5.74, 6) is -1.40. The van der Waals surface area contributed by atoms with Gasteiger partial charge >= 0.3 is 5.97 Å². The number of anilines is 1. The number of aliphatic carboxylic acids is 1. The van der Waals surface area contributed by atoms with Gasteiger partial charge in [0.2, 0.25) is 5.91 Å². The summed E-state index contributed by atoms with van der Waals surface area (Å²) in [6, 6.07) is 14.0. The number of carbonyl (C=O) groups excluding carboxylic acids is 1. The van der Waals surface area contributed by atoms with Gasteiger partial charge in [-0.15, -0.1) is 0 Å². The Kier molecular flexibility index (Phi) is 7.08. The number of amides is 1. The molecule has 0 unspecified atom stereocenters. The zero-order valence-electron chi connectivity index (χ0n) is 13.5. The van der Waals surface area contributed by atoms with Crippen LogP contribution in [0, 0.1) is 0 Å². The summed E-state index contributed by atoms with van der Waals surface area (Å²) in [7, 11) is 0. The highest BCUT2D eigenvalue weighted by atomic mass is 35.5. The minimum absolute atomic E-state index is 0.134. The molecule has 0 spiro atoms. The van der Waals surface area contributed by atoms with Crippen molar-refractivity contribution >= 4 is 58.6 Å². The van der Waals surface area contributed by atoms with Crippen molar-refractivity contribution in [3.63, 3.8) is 0 Å². The number of carbonyl (C=O) groups is 2. The number of halogens is 1. The van der Waals surface area contributed by atoms with Gasteiger partial charge in [-0.2, -0.15) is 0 Å². The van der Waals surface area contributed by atoms with Crippen molar-refractivity contribution in [2.45, 2.75) is 0 Å². The summed E-state index contributed by atoms with van der Waals surface area (Å²) >= 11 is 10.9. The van der Waals surface area contributed by atoms with E-state index in [2.05, 4.69) is 10.6 Å². The summed E-state index contributed by atoms with van der Waals surface area (Å²) < 4.78 is 0. The van der Waals surface area contributed by atoms with E-state index < -0.39 is 5.97 Å². The number of hydrogen-bond donors (Lipinski definition) is 3. The molecule has 2 aromatic carbocycles. The molecular weight excluding hydrogens is 372 g/mol. The van der Waals surface area contributed by atoms with Crippen LogP contribution in [0.4, 0.5) is 5.69 Å². The summed E-state index contributed by atoms with van der Waals surface area (Å²) in [4.78, 5) is 22.5. The molecule has 0 heterocycles. The molecule has 0 aliphatic heterocycles. The zero-order valence-corrected chi connectivity index (χ0v) is 15.1. The maximum atomic E-state index is 11.9. The molecule has 0 bridgehead atoms. The van der Waals surface area contributed by atoms with Crippen LogP contribution in [0.2, 0.25) is 5.02 Å². The summed E-state index contributed by atoms with van der Waals surface area (Å²) in [6.07, 6.45) is 5.51. The van der Waals surface area contributed by atoms with E-state index in [-0.39, 0.29) is 11.0 Å². The van der Waals surface area contributed by atoms with E-state index in [9.17, 15) is 9.59 Å². The summed E-state index contributed by atoms with van der Waals surface area (Å²) in [6.45, 7) is 0. The standard InChI is InChI=1S/C19H15ClN2O3S/c20-15-8-4-13(5-9-15)6-10-17(23)22-19(26)21-16-3-1-2-14(12-16)7-11-18(24)25/h1-12H,(H,24,25)(H2,21,22,23,26)/b10-6+,11-7+. The van der Waals surface area contributed by atoms with E-state index in [1.165, 1.54) is 12.2 Å². The lowest BCUT2D eigenvalue weighted by molar-refractivity contribution is -0.131. The van der Waals surface area contributed by atoms with Gasteiger partial charge in [-0.05, 0) is 59.8 Å². The van der Waals surface area contributed by atoms with Gasteiger partial charge in [-0.3, -0.25) is 10.1 Å². The third-order valence-corrected chi connectivity index (χ3v) is 3.55. The van der Waals surface area contributed by atoms with E-state index in [0.29, 0.717) is 16.3 Å². The quantitative estimate of drug-likeness (QED) is 0.535. The molecule has 0 saturated heterocycles. The average Bonchev–Trinajstić information content (AvgIpc) is 2.59. The van der Waals surface area contributed by atoms with Gasteiger partial charge in [-0.1, -0.05) is 35.9 Å². The maximum Gasteiger partial charge on any atom is 0.328 e. The van der Waals surface area contributed by atoms with Crippen LogP contribution in [0.3, 0.4) is 0 Å². The Morgan fingerprint density at radius 3 is 2.38 bits per heavy atom. The lowest BCUT2D eigenvalue weighted by Gasteiger charge is -2.08. The first-order valence-corrected chi connectivity index (χ1v) is 8.28. The third kappa shape index (κ3) is 6.88. The molecule has 0 aliphatic rings. The number of benzene rings is 2. The van der Waals surface area contributed by atoms with Crippen LogP contribution in [-0.4, -0.2) is 22.1 Å². The molecule has 5 nitrogen and oxygen atoms in total. The van der Waals surface area contributed by atoms with Crippen LogP contribution in [0.25, 0.3) is 12.2 Å². The first kappa shape index (κ1) is 19.4. The smallest absolute Gasteiger partial charge is 0.328 e. The van der Waals surface area contributed by atoms with Crippen LogP contribution in [0.15, 0.2) is 60.7 Å². The normalized spacial score (nSPS) is 10.8. The van der Waals surface area contributed by atoms with E-state index in [4.69, 9.17) is 28.9 Å². The summed E-state index contributed by atoms with van der Waals surface area (Å²) in [5, 5.41) is 14.8. The topological polar surface area (TPSA) is 78.4 Å². The molecule has 7 heteroatoms. The molecule has 0 aromatic heterocycles. The average molecular weight is 387 g/mol. The van der Waals surface area contributed by atoms with Crippen LogP contribution in [0.1, 0.15) is 11.1 Å². The number of rotatable bonds is 5. The van der Waals surface area contributed by atoms with Crippen molar-refractivity contribution in [2.75, 3.05) is 5.32 Å². The predicted octanol–water partition coefficient (Wildman–Crippen LogP) is 3.96. The van der Waals surface area contributed by atoms with Gasteiger partial charge in [0.15, 0.2) is 5.11 Å². The molecule has 0 atom stereocenters. The molecule has 3 N–H and O–H groups in total. The second-order valence-electron chi connectivity index (χ2n) is 5.13. The molecule has 1 amide bonds.